The van der Waals surface area contributed by atoms with E-state index in [1.807, 2.05) is 0 Å². The van der Waals surface area contributed by atoms with E-state index in [1.165, 1.54) is 30.3 Å². The average molecular weight is 366 g/mol. The zero-order chi connectivity index (χ0) is 18.2. The molecule has 10 heteroatoms. The van der Waals surface area contributed by atoms with E-state index in [1.54, 1.807) is 0 Å². The molecule has 1 amide bonds. The van der Waals surface area contributed by atoms with E-state index in [-0.39, 0.29) is 30.2 Å². The summed E-state index contributed by atoms with van der Waals surface area (Å²) in [5, 5.41) is 2.37. The Morgan fingerprint density at radius 2 is 1.88 bits per heavy atom. The Labute approximate surface area is 137 Å². The maximum atomic E-state index is 11.8. The molecule has 1 aromatic carbocycles. The summed E-state index contributed by atoms with van der Waals surface area (Å²) < 4.78 is 65.8. The van der Waals surface area contributed by atoms with E-state index in [4.69, 9.17) is 0 Å². The van der Waals surface area contributed by atoms with Crippen LogP contribution in [0.2, 0.25) is 0 Å². The number of ether oxygens (including phenoxy) is 1. The smallest absolute Gasteiger partial charge is 0.370 e. The molecular formula is C14H17F3N2O4S. The van der Waals surface area contributed by atoms with Gasteiger partial charge in [0, 0.05) is 18.7 Å². The fraction of sp³-hybridized carbons (Fsp3) is 0.357. The van der Waals surface area contributed by atoms with Crippen molar-refractivity contribution in [3.05, 3.63) is 42.5 Å². The highest BCUT2D eigenvalue weighted by Gasteiger charge is 2.27. The Bertz CT molecular complexity index is 658. The number of nitrogens with one attached hydrogen (secondary N) is 2. The second kappa shape index (κ2) is 8.81. The van der Waals surface area contributed by atoms with Gasteiger partial charge in [-0.05, 0) is 24.3 Å². The number of benzene rings is 1. The van der Waals surface area contributed by atoms with E-state index < -0.39 is 28.7 Å². The van der Waals surface area contributed by atoms with Crippen molar-refractivity contribution in [3.63, 3.8) is 0 Å². The summed E-state index contributed by atoms with van der Waals surface area (Å²) in [6.45, 7) is 1.70. The van der Waals surface area contributed by atoms with Gasteiger partial charge in [0.15, 0.2) is 0 Å². The highest BCUT2D eigenvalue weighted by molar-refractivity contribution is 7.89. The van der Waals surface area contributed by atoms with Gasteiger partial charge >= 0.3 is 6.18 Å². The van der Waals surface area contributed by atoms with Crippen molar-refractivity contribution in [2.45, 2.75) is 11.1 Å². The molecule has 0 atom stereocenters. The fourth-order valence-corrected chi connectivity index (χ4v) is 2.56. The van der Waals surface area contributed by atoms with Crippen LogP contribution in [0, 0.1) is 0 Å². The second-order valence-electron chi connectivity index (χ2n) is 4.59. The van der Waals surface area contributed by atoms with Gasteiger partial charge in [0.2, 0.25) is 10.0 Å². The Hall–Kier alpha value is -1.91. The first-order valence-corrected chi connectivity index (χ1v) is 8.27. The Kier molecular flexibility index (Phi) is 7.39. The van der Waals surface area contributed by atoms with E-state index in [0.29, 0.717) is 0 Å². The van der Waals surface area contributed by atoms with Crippen molar-refractivity contribution in [2.24, 2.45) is 0 Å². The number of hydrogen-bond donors (Lipinski definition) is 2. The molecule has 0 saturated heterocycles. The minimum atomic E-state index is -4.41. The molecule has 0 unspecified atom stereocenters. The van der Waals surface area contributed by atoms with Crippen LogP contribution in [-0.2, 0) is 14.8 Å². The van der Waals surface area contributed by atoms with Crippen LogP contribution in [0.1, 0.15) is 10.4 Å². The lowest BCUT2D eigenvalue weighted by Gasteiger charge is -2.09. The quantitative estimate of drug-likeness (QED) is 0.512. The van der Waals surface area contributed by atoms with Crippen molar-refractivity contribution >= 4 is 15.9 Å². The lowest BCUT2D eigenvalue weighted by atomic mass is 10.2. The third-order valence-corrected chi connectivity index (χ3v) is 4.08. The number of carbonyl (C=O) groups is 1. The van der Waals surface area contributed by atoms with Gasteiger partial charge in [-0.15, -0.1) is 6.58 Å². The van der Waals surface area contributed by atoms with Crippen LogP contribution in [0.4, 0.5) is 13.2 Å². The lowest BCUT2D eigenvalue weighted by Crippen LogP contribution is -2.29. The Balaban J connectivity index is 2.51. The number of sulfonamides is 1. The largest absolute Gasteiger partial charge is 0.411 e. The molecule has 24 heavy (non-hydrogen) atoms. The predicted octanol–water partition coefficient (Wildman–Crippen LogP) is 1.46. The number of carbonyl (C=O) groups excluding carboxylic acids is 1. The lowest BCUT2D eigenvalue weighted by molar-refractivity contribution is -0.173. The first-order chi connectivity index (χ1) is 11.2. The van der Waals surface area contributed by atoms with Crippen LogP contribution < -0.4 is 10.0 Å². The fourth-order valence-electron chi connectivity index (χ4n) is 1.56. The van der Waals surface area contributed by atoms with E-state index >= 15 is 0 Å². The maximum absolute atomic E-state index is 11.8. The Morgan fingerprint density at radius 1 is 1.25 bits per heavy atom. The number of hydrogen-bond acceptors (Lipinski definition) is 4. The van der Waals surface area contributed by atoms with Gasteiger partial charge in [-0.2, -0.15) is 13.2 Å². The summed E-state index contributed by atoms with van der Waals surface area (Å²) in [5.41, 5.74) is 0.175. The molecule has 0 aliphatic carbocycles. The summed E-state index contributed by atoms with van der Waals surface area (Å²) in [4.78, 5) is 11.8. The van der Waals surface area contributed by atoms with Crippen LogP contribution in [0.5, 0.6) is 0 Å². The van der Waals surface area contributed by atoms with Crippen molar-refractivity contribution in [1.29, 1.82) is 0 Å². The van der Waals surface area contributed by atoms with Crippen molar-refractivity contribution in [3.8, 4) is 0 Å². The van der Waals surface area contributed by atoms with Gasteiger partial charge in [-0.25, -0.2) is 13.1 Å². The number of amides is 1. The molecule has 0 radical (unpaired) electrons. The molecule has 6 nitrogen and oxygen atoms in total. The van der Waals surface area contributed by atoms with Crippen LogP contribution in [0.3, 0.4) is 0 Å². The molecule has 1 rings (SSSR count). The van der Waals surface area contributed by atoms with Gasteiger partial charge in [-0.1, -0.05) is 6.08 Å². The van der Waals surface area contributed by atoms with Gasteiger partial charge in [0.25, 0.3) is 5.91 Å². The maximum Gasteiger partial charge on any atom is 0.411 e. The summed E-state index contributed by atoms with van der Waals surface area (Å²) >= 11 is 0. The highest BCUT2D eigenvalue weighted by atomic mass is 32.2. The van der Waals surface area contributed by atoms with Gasteiger partial charge in [0.1, 0.15) is 6.61 Å². The molecule has 0 bridgehead atoms. The topological polar surface area (TPSA) is 84.5 Å². The van der Waals surface area contributed by atoms with Crippen molar-refractivity contribution < 1.29 is 31.1 Å². The van der Waals surface area contributed by atoms with Crippen LogP contribution in [0.15, 0.2) is 41.8 Å². The molecule has 0 spiro atoms. The summed E-state index contributed by atoms with van der Waals surface area (Å²) in [6.07, 6.45) is -3.02. The number of rotatable bonds is 9. The molecule has 0 aliphatic heterocycles. The van der Waals surface area contributed by atoms with Gasteiger partial charge in [0.05, 0.1) is 11.5 Å². The predicted molar refractivity (Wildman–Crippen MR) is 81.0 cm³/mol. The molecule has 134 valence electrons. The average Bonchev–Trinajstić information content (AvgIpc) is 2.51. The zero-order valence-electron chi connectivity index (χ0n) is 12.6. The first-order valence-electron chi connectivity index (χ1n) is 6.79. The molecule has 0 heterocycles. The third kappa shape index (κ3) is 7.11. The van der Waals surface area contributed by atoms with E-state index in [0.717, 1.165) is 0 Å². The van der Waals surface area contributed by atoms with Crippen LogP contribution in [-0.4, -0.2) is 46.8 Å². The minimum Gasteiger partial charge on any atom is -0.370 e. The van der Waals surface area contributed by atoms with Crippen molar-refractivity contribution in [1.82, 2.24) is 10.0 Å². The molecule has 0 saturated carbocycles. The SMILES string of the molecule is C=CCNS(=O)(=O)c1ccc(C(=O)NCCOCC(F)(F)F)cc1. The van der Waals surface area contributed by atoms with Gasteiger partial charge < -0.3 is 10.1 Å². The van der Waals surface area contributed by atoms with Crippen molar-refractivity contribution in [2.75, 3.05) is 26.3 Å². The molecule has 2 N–H and O–H groups in total. The molecule has 0 aliphatic rings. The van der Waals surface area contributed by atoms with Crippen LogP contribution in [0.25, 0.3) is 0 Å². The standard InChI is InChI=1S/C14H17F3N2O4S/c1-2-7-19-24(21,22)12-5-3-11(4-6-12)13(20)18-8-9-23-10-14(15,16)17/h2-6,19H,1,7-10H2,(H,18,20). The normalized spacial score (nSPS) is 12.0. The molecule has 0 fully saturated rings. The Morgan fingerprint density at radius 3 is 2.42 bits per heavy atom. The van der Waals surface area contributed by atoms with E-state index in [9.17, 15) is 26.4 Å². The van der Waals surface area contributed by atoms with Gasteiger partial charge in [-0.3, -0.25) is 4.79 Å². The zero-order valence-corrected chi connectivity index (χ0v) is 13.4. The minimum absolute atomic E-state index is 0.0191. The van der Waals surface area contributed by atoms with Crippen LogP contribution >= 0.6 is 0 Å². The third-order valence-electron chi connectivity index (χ3n) is 2.64. The second-order valence-corrected chi connectivity index (χ2v) is 6.36. The summed E-state index contributed by atoms with van der Waals surface area (Å²) in [6, 6.07) is 5.10. The summed E-state index contributed by atoms with van der Waals surface area (Å²) in [5.74, 6) is -0.548. The monoisotopic (exact) mass is 366 g/mol. The molecule has 0 aromatic heterocycles. The first kappa shape index (κ1) is 20.1. The molecule has 1 aromatic rings. The molecular weight excluding hydrogens is 349 g/mol. The highest BCUT2D eigenvalue weighted by Crippen LogP contribution is 2.14. The number of alkyl halides is 3. The number of halogens is 3. The summed E-state index contributed by atoms with van der Waals surface area (Å²) in [7, 11) is -3.68. The van der Waals surface area contributed by atoms with E-state index in [2.05, 4.69) is 21.4 Å².